The zero-order valence-electron chi connectivity index (χ0n) is 52.7. The maximum absolute atomic E-state index is 10.2. The van der Waals surface area contributed by atoms with Crippen molar-refractivity contribution in [2.45, 2.75) is 0 Å². The van der Waals surface area contributed by atoms with Crippen molar-refractivity contribution in [2.24, 2.45) is 0 Å². The maximum Gasteiger partial charge on any atom is 0.0667 e. The quantitative estimate of drug-likeness (QED) is 0.176. The van der Waals surface area contributed by atoms with Gasteiger partial charge in [0.1, 0.15) is 0 Å². The Kier molecular flexibility index (Phi) is 2.65. The third-order valence-corrected chi connectivity index (χ3v) is 8.66. The Morgan fingerprint density at radius 3 is 1.37 bits per heavy atom. The van der Waals surface area contributed by atoms with E-state index in [0.29, 0.717) is 0 Å². The SMILES string of the molecule is [2H]c1c([2H])c([2H])c(-c2cccc(-n3c4c([2H])c([2H])c([2H])c([2H])c4c4c([2H])c([2H])c(-n5c6c([2H])c([2H])c([2H])c([2H])c6c6c([2H])c(-n7c8c([2H])c([2H])c([2H])c([2H])c8c8c([2H])c([2H])c([2H])c([2H])c87)c([2H])c([2H])c65)c([2H])c43)c2)c([2H])c1[2H]. The van der Waals surface area contributed by atoms with Crippen molar-refractivity contribution < 1.29 is 37.0 Å². The van der Waals surface area contributed by atoms with Gasteiger partial charge in [0.05, 0.1) is 70.1 Å². The van der Waals surface area contributed by atoms with Gasteiger partial charge in [0.2, 0.25) is 0 Å². The van der Waals surface area contributed by atoms with Gasteiger partial charge in [0, 0.05) is 49.4 Å². The fourth-order valence-electron chi connectivity index (χ4n) is 6.55. The van der Waals surface area contributed by atoms with E-state index in [1.807, 2.05) is 0 Å². The van der Waals surface area contributed by atoms with E-state index in [4.69, 9.17) is 24.7 Å². The predicted molar refractivity (Wildman–Crippen MR) is 215 cm³/mol. The highest BCUT2D eigenvalue weighted by Crippen LogP contribution is 2.39. The minimum absolute atomic E-state index is 0.00341. The van der Waals surface area contributed by atoms with E-state index in [2.05, 4.69) is 0 Å². The molecule has 0 bridgehead atoms. The molecular weight excluding hydrogens is 619 g/mol. The molecule has 11 rings (SSSR count). The summed E-state index contributed by atoms with van der Waals surface area (Å²) in [4.78, 5) is 0. The van der Waals surface area contributed by atoms with Gasteiger partial charge in [-0.05, 0) is 77.6 Å². The van der Waals surface area contributed by atoms with E-state index in [0.717, 1.165) is 13.7 Å². The Morgan fingerprint density at radius 2 is 0.765 bits per heavy atom. The molecule has 8 aromatic carbocycles. The summed E-state index contributed by atoms with van der Waals surface area (Å²) >= 11 is 0. The van der Waals surface area contributed by atoms with Crippen molar-refractivity contribution in [3.8, 4) is 28.2 Å². The van der Waals surface area contributed by atoms with E-state index in [-0.39, 0.29) is 27.7 Å². The lowest BCUT2D eigenvalue weighted by molar-refractivity contribution is 1.15. The largest absolute Gasteiger partial charge is 0.309 e. The molecule has 0 atom stereocenters. The second-order valence-electron chi connectivity index (χ2n) is 11.3. The molecule has 0 aliphatic carbocycles. The van der Waals surface area contributed by atoms with Crippen LogP contribution in [0.1, 0.15) is 37.0 Å². The standard InChI is InChI=1S/C48H31N3/c1-2-13-32(14-3-1)33-15-12-16-34(29-33)51-45-23-10-6-19-39(45)41-27-25-36(31-48(41)51)50-46-24-11-7-20-40(46)42-30-35(26-28-47(42)50)49-43-21-8-4-17-37(43)38-18-5-9-22-44(38)49/h1-31H/i1D,2D,3D,4D,5D,6D,7D,8D,9D,10D,11D,13D,14D,17D,18D,19D,20D,21D,22D,23D,24D,25D,26D,27D,28D,30D,31D. The first-order valence-electron chi connectivity index (χ1n) is 28.8. The van der Waals surface area contributed by atoms with Crippen LogP contribution in [0.15, 0.2) is 187 Å². The summed E-state index contributed by atoms with van der Waals surface area (Å²) in [6.07, 6.45) is 0. The first-order valence-corrected chi connectivity index (χ1v) is 15.3. The molecule has 0 saturated heterocycles. The molecular formula is C48H31N3. The van der Waals surface area contributed by atoms with Crippen LogP contribution < -0.4 is 0 Å². The van der Waals surface area contributed by atoms with Crippen LogP contribution in [-0.2, 0) is 0 Å². The van der Waals surface area contributed by atoms with Crippen LogP contribution in [-0.4, -0.2) is 13.7 Å². The number of para-hydroxylation sites is 4. The molecule has 0 aliphatic rings. The number of benzene rings is 8. The number of hydrogen-bond acceptors (Lipinski definition) is 0. The molecule has 3 nitrogen and oxygen atoms in total. The Bertz CT molecular complexity index is 4600. The smallest absolute Gasteiger partial charge is 0.0667 e. The number of nitrogens with zero attached hydrogens (tertiary/aromatic N) is 3. The second-order valence-corrected chi connectivity index (χ2v) is 11.3. The van der Waals surface area contributed by atoms with Crippen molar-refractivity contribution in [3.63, 3.8) is 0 Å². The van der Waals surface area contributed by atoms with Crippen LogP contribution >= 0.6 is 0 Å². The van der Waals surface area contributed by atoms with Gasteiger partial charge in [0.15, 0.2) is 0 Å². The molecule has 11 aromatic rings. The van der Waals surface area contributed by atoms with Crippen LogP contribution in [0.2, 0.25) is 0 Å². The highest BCUT2D eigenvalue weighted by Gasteiger charge is 2.18. The van der Waals surface area contributed by atoms with Gasteiger partial charge in [-0.3, -0.25) is 0 Å². The molecule has 0 fully saturated rings. The summed E-state index contributed by atoms with van der Waals surface area (Å²) < 4.78 is 246. The molecule has 0 radical (unpaired) electrons. The number of rotatable bonds is 4. The lowest BCUT2D eigenvalue weighted by Crippen LogP contribution is -1.98. The van der Waals surface area contributed by atoms with Crippen molar-refractivity contribution in [3.05, 3.63) is 187 Å². The summed E-state index contributed by atoms with van der Waals surface area (Å²) in [5.41, 5.74) is -4.95. The van der Waals surface area contributed by atoms with Crippen molar-refractivity contribution in [1.29, 1.82) is 0 Å². The van der Waals surface area contributed by atoms with Gasteiger partial charge in [-0.2, -0.15) is 0 Å². The van der Waals surface area contributed by atoms with Crippen molar-refractivity contribution in [1.82, 2.24) is 13.7 Å². The summed E-state index contributed by atoms with van der Waals surface area (Å²) in [6, 6.07) is -16.0. The molecule has 0 amide bonds. The lowest BCUT2D eigenvalue weighted by atomic mass is 10.1. The molecule has 238 valence electrons. The number of fused-ring (bicyclic) bond motifs is 9. The van der Waals surface area contributed by atoms with Gasteiger partial charge < -0.3 is 13.7 Å². The molecule has 51 heavy (non-hydrogen) atoms. The van der Waals surface area contributed by atoms with E-state index in [9.17, 15) is 12.3 Å². The van der Waals surface area contributed by atoms with Crippen LogP contribution in [0.4, 0.5) is 0 Å². The first kappa shape index (κ1) is 12.5. The molecule has 0 unspecified atom stereocenters. The number of hydrogen-bond donors (Lipinski definition) is 0. The topological polar surface area (TPSA) is 14.8 Å². The van der Waals surface area contributed by atoms with Gasteiger partial charge >= 0.3 is 0 Å². The van der Waals surface area contributed by atoms with E-state index >= 15 is 0 Å². The highest BCUT2D eigenvalue weighted by atomic mass is 15.0. The normalized spacial score (nSPS) is 19.3. The third kappa shape index (κ3) is 4.12. The molecule has 3 heterocycles. The van der Waals surface area contributed by atoms with Gasteiger partial charge in [0.25, 0.3) is 0 Å². The predicted octanol–water partition coefficient (Wildman–Crippen LogP) is 12.6. The third-order valence-electron chi connectivity index (χ3n) is 8.66. The van der Waals surface area contributed by atoms with Crippen LogP contribution in [0, 0.1) is 0 Å². The maximum atomic E-state index is 10.2. The average molecular weight is 677 g/mol. The van der Waals surface area contributed by atoms with Crippen LogP contribution in [0.3, 0.4) is 0 Å². The highest BCUT2D eigenvalue weighted by molar-refractivity contribution is 6.13. The molecule has 3 heteroatoms. The summed E-state index contributed by atoms with van der Waals surface area (Å²) in [7, 11) is 0. The fourth-order valence-corrected chi connectivity index (χ4v) is 6.55. The number of aromatic nitrogens is 3. The zero-order valence-corrected chi connectivity index (χ0v) is 25.7. The van der Waals surface area contributed by atoms with Crippen LogP contribution in [0.5, 0.6) is 0 Å². The van der Waals surface area contributed by atoms with Gasteiger partial charge in [-0.1, -0.05) is 121 Å². The molecule has 0 N–H and O–H groups in total. The first-order chi connectivity index (χ1) is 36.6. The van der Waals surface area contributed by atoms with Crippen molar-refractivity contribution in [2.75, 3.05) is 0 Å². The summed E-state index contributed by atoms with van der Waals surface area (Å²) in [5.74, 6) is 0. The van der Waals surface area contributed by atoms with E-state index in [1.54, 1.807) is 0 Å². The molecule has 0 spiro atoms. The minimum atomic E-state index is -0.988. The summed E-state index contributed by atoms with van der Waals surface area (Å²) in [5, 5.41) is -2.78. The van der Waals surface area contributed by atoms with Crippen molar-refractivity contribution >= 4 is 65.4 Å². The molecule has 0 aliphatic heterocycles. The average Bonchev–Trinajstić information content (AvgIpc) is 4.30. The summed E-state index contributed by atoms with van der Waals surface area (Å²) in [6.45, 7) is 0. The van der Waals surface area contributed by atoms with E-state index in [1.165, 1.54) is 24.3 Å². The van der Waals surface area contributed by atoms with E-state index < -0.39 is 229 Å². The Hall–Kier alpha value is -6.84. The molecule has 3 aromatic heterocycles. The Labute approximate surface area is 332 Å². The fraction of sp³-hybridized carbons (Fsp3) is 0. The molecule has 0 saturated carbocycles. The monoisotopic (exact) mass is 676 g/mol. The van der Waals surface area contributed by atoms with Crippen LogP contribution in [0.25, 0.3) is 93.6 Å². The second kappa shape index (κ2) is 10.8. The Morgan fingerprint density at radius 1 is 0.314 bits per heavy atom. The lowest BCUT2D eigenvalue weighted by Gasteiger charge is -2.13. The van der Waals surface area contributed by atoms with Gasteiger partial charge in [-0.25, -0.2) is 0 Å². The Balaban J connectivity index is 1.36. The zero-order chi connectivity index (χ0) is 57.0. The van der Waals surface area contributed by atoms with Gasteiger partial charge in [-0.15, -0.1) is 0 Å². The minimum Gasteiger partial charge on any atom is -0.309 e.